The second-order valence-corrected chi connectivity index (χ2v) is 8.02. The molecule has 8 heteroatoms. The first-order valence-electron chi connectivity index (χ1n) is 7.67. The quantitative estimate of drug-likeness (QED) is 0.685. The lowest BCUT2D eigenvalue weighted by atomic mass is 10.2. The number of nitrogens with zero attached hydrogens (tertiary/aromatic N) is 2. The van der Waals surface area contributed by atoms with Crippen LogP contribution >= 0.6 is 0 Å². The third kappa shape index (κ3) is 4.12. The summed E-state index contributed by atoms with van der Waals surface area (Å²) in [5.41, 5.74) is 0.407. The molecule has 0 saturated heterocycles. The van der Waals surface area contributed by atoms with E-state index in [1.54, 1.807) is 4.90 Å². The van der Waals surface area contributed by atoms with Gasteiger partial charge in [0.15, 0.2) is 0 Å². The topological polar surface area (TPSA) is 84.0 Å². The van der Waals surface area contributed by atoms with E-state index in [1.807, 2.05) is 0 Å². The van der Waals surface area contributed by atoms with Crippen molar-refractivity contribution in [3.05, 3.63) is 29.8 Å². The molecule has 0 unspecified atom stereocenters. The number of amides is 1. The summed E-state index contributed by atoms with van der Waals surface area (Å²) in [4.78, 5) is 25.7. The lowest BCUT2D eigenvalue weighted by Crippen LogP contribution is -2.35. The molecular formula is C16H22N2O5S. The van der Waals surface area contributed by atoms with E-state index in [2.05, 4.69) is 4.74 Å². The van der Waals surface area contributed by atoms with Crippen LogP contribution in [-0.4, -0.2) is 63.3 Å². The molecule has 1 aromatic rings. The van der Waals surface area contributed by atoms with Crippen molar-refractivity contribution in [2.75, 3.05) is 27.7 Å². The normalized spacial score (nSPS) is 14.5. The molecule has 1 saturated carbocycles. The molecule has 0 aromatic heterocycles. The van der Waals surface area contributed by atoms with Gasteiger partial charge in [0.2, 0.25) is 10.0 Å². The van der Waals surface area contributed by atoms with Crippen LogP contribution in [0.3, 0.4) is 0 Å². The van der Waals surface area contributed by atoms with E-state index in [4.69, 9.17) is 0 Å². The summed E-state index contributed by atoms with van der Waals surface area (Å²) in [6.45, 7) is 0.300. The van der Waals surface area contributed by atoms with Crippen molar-refractivity contribution in [2.24, 2.45) is 0 Å². The van der Waals surface area contributed by atoms with Crippen LogP contribution in [0.15, 0.2) is 29.2 Å². The first kappa shape index (κ1) is 18.4. The van der Waals surface area contributed by atoms with Gasteiger partial charge in [0, 0.05) is 32.2 Å². The van der Waals surface area contributed by atoms with Crippen LogP contribution in [0.25, 0.3) is 0 Å². The van der Waals surface area contributed by atoms with Crippen molar-refractivity contribution in [1.29, 1.82) is 0 Å². The van der Waals surface area contributed by atoms with Gasteiger partial charge in [-0.25, -0.2) is 12.7 Å². The lowest BCUT2D eigenvalue weighted by Gasteiger charge is -2.22. The summed E-state index contributed by atoms with van der Waals surface area (Å²) < 4.78 is 29.8. The summed E-state index contributed by atoms with van der Waals surface area (Å²) in [6, 6.07) is 6.01. The molecule has 0 bridgehead atoms. The average molecular weight is 354 g/mol. The number of carbonyl (C=O) groups is 2. The minimum atomic E-state index is -3.52. The number of ether oxygens (including phenoxy) is 1. The van der Waals surface area contributed by atoms with Gasteiger partial charge >= 0.3 is 5.97 Å². The maximum absolute atomic E-state index is 12.6. The van der Waals surface area contributed by atoms with Crippen LogP contribution in [0.4, 0.5) is 0 Å². The number of esters is 1. The Balaban J connectivity index is 2.14. The van der Waals surface area contributed by atoms with Crippen LogP contribution in [0, 0.1) is 0 Å². The van der Waals surface area contributed by atoms with E-state index < -0.39 is 10.0 Å². The van der Waals surface area contributed by atoms with E-state index in [1.165, 1.54) is 45.5 Å². The summed E-state index contributed by atoms with van der Waals surface area (Å²) in [5.74, 6) is -0.559. The zero-order valence-corrected chi connectivity index (χ0v) is 14.9. The number of methoxy groups -OCH3 is 1. The maximum Gasteiger partial charge on any atom is 0.307 e. The molecule has 0 aliphatic heterocycles. The predicted octanol–water partition coefficient (Wildman–Crippen LogP) is 1.10. The van der Waals surface area contributed by atoms with Crippen LogP contribution < -0.4 is 0 Å². The van der Waals surface area contributed by atoms with E-state index in [9.17, 15) is 18.0 Å². The first-order valence-corrected chi connectivity index (χ1v) is 9.11. The fourth-order valence-electron chi connectivity index (χ4n) is 2.30. The Labute approximate surface area is 142 Å². The predicted molar refractivity (Wildman–Crippen MR) is 88.0 cm³/mol. The molecule has 24 heavy (non-hydrogen) atoms. The third-order valence-corrected chi connectivity index (χ3v) is 5.74. The summed E-state index contributed by atoms with van der Waals surface area (Å²) in [7, 11) is 0.703. The largest absolute Gasteiger partial charge is 0.469 e. The van der Waals surface area contributed by atoms with Crippen molar-refractivity contribution < 1.29 is 22.7 Å². The maximum atomic E-state index is 12.6. The fraction of sp³-hybridized carbons (Fsp3) is 0.500. The Bertz CT molecular complexity index is 708. The van der Waals surface area contributed by atoms with E-state index in [0.29, 0.717) is 12.1 Å². The van der Waals surface area contributed by atoms with E-state index >= 15 is 0 Å². The molecular weight excluding hydrogens is 332 g/mol. The van der Waals surface area contributed by atoms with Crippen molar-refractivity contribution in [1.82, 2.24) is 9.21 Å². The standard InChI is InChI=1S/C16H22N2O5S/c1-17(2)24(21,22)14-8-4-12(5-9-14)16(20)18(13-6-7-13)11-10-15(19)23-3/h4-5,8-9,13H,6-7,10-11H2,1-3H3. The summed E-state index contributed by atoms with van der Waals surface area (Å²) in [6.07, 6.45) is 1.98. The number of hydrogen-bond acceptors (Lipinski definition) is 5. The number of benzene rings is 1. The van der Waals surface area contributed by atoms with E-state index in [-0.39, 0.29) is 29.2 Å². The van der Waals surface area contributed by atoms with Crippen molar-refractivity contribution in [2.45, 2.75) is 30.2 Å². The van der Waals surface area contributed by atoms with Gasteiger partial charge in [-0.15, -0.1) is 0 Å². The van der Waals surface area contributed by atoms with Gasteiger partial charge in [0.05, 0.1) is 18.4 Å². The van der Waals surface area contributed by atoms with Crippen LogP contribution in [0.5, 0.6) is 0 Å². The van der Waals surface area contributed by atoms with Gasteiger partial charge < -0.3 is 9.64 Å². The molecule has 1 aliphatic carbocycles. The first-order chi connectivity index (χ1) is 11.3. The molecule has 2 rings (SSSR count). The summed E-state index contributed by atoms with van der Waals surface area (Å²) >= 11 is 0. The van der Waals surface area contributed by atoms with Crippen molar-refractivity contribution in [3.63, 3.8) is 0 Å². The van der Waals surface area contributed by atoms with Crippen LogP contribution in [0.1, 0.15) is 29.6 Å². The van der Waals surface area contributed by atoms with Gasteiger partial charge in [-0.3, -0.25) is 9.59 Å². The molecule has 1 aliphatic rings. The van der Waals surface area contributed by atoms with Gasteiger partial charge in [-0.2, -0.15) is 0 Å². The van der Waals surface area contributed by atoms with Gasteiger partial charge in [0.1, 0.15) is 0 Å². The second kappa shape index (κ2) is 7.31. The van der Waals surface area contributed by atoms with Crippen LogP contribution in [-0.2, 0) is 19.6 Å². The highest BCUT2D eigenvalue weighted by Gasteiger charge is 2.33. The molecule has 0 spiro atoms. The minimum Gasteiger partial charge on any atom is -0.469 e. The molecule has 1 aromatic carbocycles. The Morgan fingerprint density at radius 3 is 2.21 bits per heavy atom. The number of carbonyl (C=O) groups excluding carboxylic acids is 2. The Morgan fingerprint density at radius 1 is 1.17 bits per heavy atom. The SMILES string of the molecule is COC(=O)CCN(C(=O)c1ccc(S(=O)(=O)N(C)C)cc1)C1CC1. The fourth-order valence-corrected chi connectivity index (χ4v) is 3.20. The highest BCUT2D eigenvalue weighted by molar-refractivity contribution is 7.89. The molecule has 1 amide bonds. The molecule has 7 nitrogen and oxygen atoms in total. The van der Waals surface area contributed by atoms with Gasteiger partial charge in [-0.1, -0.05) is 0 Å². The molecule has 1 fully saturated rings. The number of hydrogen-bond donors (Lipinski definition) is 0. The van der Waals surface area contributed by atoms with Gasteiger partial charge in [0.25, 0.3) is 5.91 Å². The summed E-state index contributed by atoms with van der Waals surface area (Å²) in [5, 5.41) is 0. The zero-order chi connectivity index (χ0) is 17.9. The Morgan fingerprint density at radius 2 is 1.75 bits per heavy atom. The Kier molecular flexibility index (Phi) is 5.61. The molecule has 132 valence electrons. The minimum absolute atomic E-state index is 0.136. The number of sulfonamides is 1. The second-order valence-electron chi connectivity index (χ2n) is 5.87. The lowest BCUT2D eigenvalue weighted by molar-refractivity contribution is -0.140. The molecule has 0 atom stereocenters. The third-order valence-electron chi connectivity index (χ3n) is 3.91. The molecule has 0 N–H and O–H groups in total. The number of rotatable bonds is 7. The highest BCUT2D eigenvalue weighted by atomic mass is 32.2. The van der Waals surface area contributed by atoms with Gasteiger partial charge in [-0.05, 0) is 37.1 Å². The van der Waals surface area contributed by atoms with Crippen LogP contribution in [0.2, 0.25) is 0 Å². The monoisotopic (exact) mass is 354 g/mol. The van der Waals surface area contributed by atoms with Crippen molar-refractivity contribution >= 4 is 21.9 Å². The zero-order valence-electron chi connectivity index (χ0n) is 14.1. The average Bonchev–Trinajstić information content (AvgIpc) is 3.39. The smallest absolute Gasteiger partial charge is 0.307 e. The van der Waals surface area contributed by atoms with Crippen molar-refractivity contribution in [3.8, 4) is 0 Å². The highest BCUT2D eigenvalue weighted by Crippen LogP contribution is 2.28. The molecule has 0 heterocycles. The van der Waals surface area contributed by atoms with E-state index in [0.717, 1.165) is 17.1 Å². The Hall–Kier alpha value is -1.93. The molecule has 0 radical (unpaired) electrons.